The first kappa shape index (κ1) is 16.6. The fraction of sp³-hybridized carbons (Fsp3) is 0.150. The van der Waals surface area contributed by atoms with Gasteiger partial charge < -0.3 is 10.1 Å². The van der Waals surface area contributed by atoms with Gasteiger partial charge in [0.1, 0.15) is 11.6 Å². The van der Waals surface area contributed by atoms with Crippen molar-refractivity contribution in [3.05, 3.63) is 72.1 Å². The maximum Gasteiger partial charge on any atom is 0.256 e. The van der Waals surface area contributed by atoms with E-state index in [2.05, 4.69) is 28.3 Å². The second-order valence-electron chi connectivity index (χ2n) is 5.52. The number of aryl methyl sites for hydroxylation is 1. The summed E-state index contributed by atoms with van der Waals surface area (Å²) in [5, 5.41) is 2.76. The van der Waals surface area contributed by atoms with Crippen LogP contribution in [0.4, 0.5) is 5.82 Å². The Bertz CT molecular complexity index is 842. The molecule has 0 saturated heterocycles. The first-order chi connectivity index (χ1) is 12.2. The predicted octanol–water partition coefficient (Wildman–Crippen LogP) is 3.97. The predicted molar refractivity (Wildman–Crippen MR) is 97.8 cm³/mol. The van der Waals surface area contributed by atoms with E-state index in [1.807, 2.05) is 24.4 Å². The van der Waals surface area contributed by atoms with Crippen LogP contribution in [0.3, 0.4) is 0 Å². The van der Waals surface area contributed by atoms with Gasteiger partial charge in [0.05, 0.1) is 19.0 Å². The minimum atomic E-state index is -0.210. The van der Waals surface area contributed by atoms with Crippen molar-refractivity contribution in [1.82, 2.24) is 9.97 Å². The van der Waals surface area contributed by atoms with Gasteiger partial charge in [-0.1, -0.05) is 25.1 Å². The molecule has 2 aromatic heterocycles. The van der Waals surface area contributed by atoms with Gasteiger partial charge in [-0.2, -0.15) is 0 Å². The first-order valence-electron chi connectivity index (χ1n) is 8.06. The average Bonchev–Trinajstić information content (AvgIpc) is 2.69. The molecule has 1 aromatic carbocycles. The highest BCUT2D eigenvalue weighted by Crippen LogP contribution is 2.19. The molecule has 0 aliphatic heterocycles. The standard InChI is InChI=1S/C20H19N3O2/c1-3-14-4-10-18(21-12-14)15-5-7-16(8-6-15)20(24)23-19-11-9-17(25-2)13-22-19/h4-13H,3H2,1-2H3,(H,22,23,24). The Kier molecular flexibility index (Phi) is 5.04. The zero-order valence-corrected chi connectivity index (χ0v) is 14.2. The summed E-state index contributed by atoms with van der Waals surface area (Å²) in [5.41, 5.74) is 3.63. The SMILES string of the molecule is CCc1ccc(-c2ccc(C(=O)Nc3ccc(OC)cn3)cc2)nc1. The van der Waals surface area contributed by atoms with Crippen LogP contribution >= 0.6 is 0 Å². The molecule has 0 aliphatic rings. The maximum atomic E-state index is 12.3. The van der Waals surface area contributed by atoms with Crippen LogP contribution in [0.5, 0.6) is 5.75 Å². The molecule has 3 rings (SSSR count). The van der Waals surface area contributed by atoms with Crippen LogP contribution in [-0.2, 0) is 6.42 Å². The highest BCUT2D eigenvalue weighted by atomic mass is 16.5. The summed E-state index contributed by atoms with van der Waals surface area (Å²) in [6, 6.07) is 14.9. The Morgan fingerprint density at radius 2 is 1.80 bits per heavy atom. The van der Waals surface area contributed by atoms with Crippen molar-refractivity contribution in [1.29, 1.82) is 0 Å². The van der Waals surface area contributed by atoms with Crippen LogP contribution in [0.1, 0.15) is 22.8 Å². The third-order valence-electron chi connectivity index (χ3n) is 3.89. The molecule has 1 N–H and O–H groups in total. The molecule has 0 saturated carbocycles. The van der Waals surface area contributed by atoms with Gasteiger partial charge in [-0.05, 0) is 42.3 Å². The molecule has 0 bridgehead atoms. The third-order valence-corrected chi connectivity index (χ3v) is 3.89. The van der Waals surface area contributed by atoms with E-state index in [0.717, 1.165) is 17.7 Å². The Labute approximate surface area is 146 Å². The molecule has 1 amide bonds. The normalized spacial score (nSPS) is 10.3. The molecule has 0 fully saturated rings. The summed E-state index contributed by atoms with van der Waals surface area (Å²) in [4.78, 5) is 20.9. The molecule has 3 aromatic rings. The van der Waals surface area contributed by atoms with Crippen molar-refractivity contribution in [3.8, 4) is 17.0 Å². The van der Waals surface area contributed by atoms with E-state index in [4.69, 9.17) is 4.74 Å². The molecule has 5 heteroatoms. The Hall–Kier alpha value is -3.21. The number of nitrogens with one attached hydrogen (secondary N) is 1. The highest BCUT2D eigenvalue weighted by molar-refractivity contribution is 6.04. The minimum absolute atomic E-state index is 0.210. The van der Waals surface area contributed by atoms with E-state index in [0.29, 0.717) is 17.1 Å². The van der Waals surface area contributed by atoms with Crippen molar-refractivity contribution < 1.29 is 9.53 Å². The number of hydrogen-bond acceptors (Lipinski definition) is 4. The lowest BCUT2D eigenvalue weighted by atomic mass is 10.1. The summed E-state index contributed by atoms with van der Waals surface area (Å²) < 4.78 is 5.05. The quantitative estimate of drug-likeness (QED) is 0.767. The van der Waals surface area contributed by atoms with E-state index in [-0.39, 0.29) is 5.91 Å². The van der Waals surface area contributed by atoms with E-state index in [1.54, 1.807) is 37.6 Å². The zero-order valence-electron chi connectivity index (χ0n) is 14.2. The molecular formula is C20H19N3O2. The largest absolute Gasteiger partial charge is 0.495 e. The van der Waals surface area contributed by atoms with Gasteiger partial charge in [-0.25, -0.2) is 4.98 Å². The number of carbonyl (C=O) groups is 1. The molecule has 25 heavy (non-hydrogen) atoms. The molecule has 0 radical (unpaired) electrons. The van der Waals surface area contributed by atoms with Gasteiger partial charge in [-0.15, -0.1) is 0 Å². The summed E-state index contributed by atoms with van der Waals surface area (Å²) in [6.45, 7) is 2.10. The van der Waals surface area contributed by atoms with Crippen molar-refractivity contribution in [2.75, 3.05) is 12.4 Å². The number of anilines is 1. The van der Waals surface area contributed by atoms with E-state index < -0.39 is 0 Å². The highest BCUT2D eigenvalue weighted by Gasteiger charge is 2.08. The number of aromatic nitrogens is 2. The van der Waals surface area contributed by atoms with Gasteiger partial charge in [0.2, 0.25) is 0 Å². The van der Waals surface area contributed by atoms with Gasteiger partial charge >= 0.3 is 0 Å². The van der Waals surface area contributed by atoms with Crippen molar-refractivity contribution in [2.45, 2.75) is 13.3 Å². The number of ether oxygens (including phenoxy) is 1. The fourth-order valence-corrected chi connectivity index (χ4v) is 2.36. The number of carbonyl (C=O) groups excluding carboxylic acids is 1. The molecule has 126 valence electrons. The van der Waals surface area contributed by atoms with E-state index >= 15 is 0 Å². The van der Waals surface area contributed by atoms with Crippen LogP contribution in [0.15, 0.2) is 60.9 Å². The molecule has 0 atom stereocenters. The van der Waals surface area contributed by atoms with Gasteiger partial charge in [0.25, 0.3) is 5.91 Å². The summed E-state index contributed by atoms with van der Waals surface area (Å²) >= 11 is 0. The molecule has 2 heterocycles. The number of amides is 1. The van der Waals surface area contributed by atoms with Gasteiger partial charge in [-0.3, -0.25) is 9.78 Å². The lowest BCUT2D eigenvalue weighted by Crippen LogP contribution is -2.12. The Balaban J connectivity index is 1.71. The van der Waals surface area contributed by atoms with Crippen LogP contribution in [0, 0.1) is 0 Å². The summed E-state index contributed by atoms with van der Waals surface area (Å²) in [5.74, 6) is 0.911. The first-order valence-corrected chi connectivity index (χ1v) is 8.06. The lowest BCUT2D eigenvalue weighted by Gasteiger charge is -2.07. The second kappa shape index (κ2) is 7.57. The number of pyridine rings is 2. The molecular weight excluding hydrogens is 314 g/mol. The number of methoxy groups -OCH3 is 1. The van der Waals surface area contributed by atoms with Gasteiger partial charge in [0, 0.05) is 17.3 Å². The number of hydrogen-bond donors (Lipinski definition) is 1. The number of rotatable bonds is 5. The Morgan fingerprint density at radius 3 is 2.36 bits per heavy atom. The van der Waals surface area contributed by atoms with Crippen LogP contribution in [0.25, 0.3) is 11.3 Å². The second-order valence-corrected chi connectivity index (χ2v) is 5.52. The fourth-order valence-electron chi connectivity index (χ4n) is 2.36. The number of nitrogens with zero attached hydrogens (tertiary/aromatic N) is 2. The lowest BCUT2D eigenvalue weighted by molar-refractivity contribution is 0.102. The molecule has 0 spiro atoms. The van der Waals surface area contributed by atoms with Crippen LogP contribution in [0.2, 0.25) is 0 Å². The number of benzene rings is 1. The van der Waals surface area contributed by atoms with Crippen LogP contribution in [-0.4, -0.2) is 23.0 Å². The van der Waals surface area contributed by atoms with Gasteiger partial charge in [0.15, 0.2) is 0 Å². The van der Waals surface area contributed by atoms with E-state index in [1.165, 1.54) is 5.56 Å². The third kappa shape index (κ3) is 4.01. The zero-order chi connectivity index (χ0) is 17.6. The van der Waals surface area contributed by atoms with Crippen molar-refractivity contribution >= 4 is 11.7 Å². The summed E-state index contributed by atoms with van der Waals surface area (Å²) in [6.07, 6.45) is 4.40. The van der Waals surface area contributed by atoms with Crippen molar-refractivity contribution in [2.24, 2.45) is 0 Å². The topological polar surface area (TPSA) is 64.1 Å². The van der Waals surface area contributed by atoms with Crippen molar-refractivity contribution in [3.63, 3.8) is 0 Å². The summed E-state index contributed by atoms with van der Waals surface area (Å²) in [7, 11) is 1.57. The maximum absolute atomic E-state index is 12.3. The minimum Gasteiger partial charge on any atom is -0.495 e. The molecule has 0 aliphatic carbocycles. The molecule has 0 unspecified atom stereocenters. The molecule has 5 nitrogen and oxygen atoms in total. The van der Waals surface area contributed by atoms with E-state index in [9.17, 15) is 4.79 Å². The monoisotopic (exact) mass is 333 g/mol. The smallest absolute Gasteiger partial charge is 0.256 e. The Morgan fingerprint density at radius 1 is 1.00 bits per heavy atom. The average molecular weight is 333 g/mol. The van der Waals surface area contributed by atoms with Crippen LogP contribution < -0.4 is 10.1 Å².